The summed E-state index contributed by atoms with van der Waals surface area (Å²) in [5.41, 5.74) is 0.481. The Morgan fingerprint density at radius 2 is 1.74 bits per heavy atom. The number of phenols is 1. The number of aromatic hydroxyl groups is 1. The van der Waals surface area contributed by atoms with E-state index in [9.17, 15) is 14.7 Å². The monoisotopic (exact) mass is 372 g/mol. The number of hydrogen-bond acceptors (Lipinski definition) is 5. The fourth-order valence-corrected chi connectivity index (χ4v) is 3.08. The van der Waals surface area contributed by atoms with Crippen LogP contribution in [-0.2, 0) is 4.79 Å². The van der Waals surface area contributed by atoms with Crippen LogP contribution in [0.3, 0.4) is 0 Å². The van der Waals surface area contributed by atoms with E-state index in [1.54, 1.807) is 12.1 Å². The molecular formula is C20H28N4O3. The van der Waals surface area contributed by atoms with Gasteiger partial charge in [0.25, 0.3) is 5.56 Å². The number of hydrogen-bond donors (Lipinski definition) is 3. The van der Waals surface area contributed by atoms with E-state index in [1.165, 1.54) is 12.1 Å². The van der Waals surface area contributed by atoms with Crippen LogP contribution in [0, 0.1) is 5.92 Å². The number of carbonyl (C=O) groups excluding carboxylic acids is 1. The molecule has 1 aromatic carbocycles. The smallest absolute Gasteiger partial charge is 0.275 e. The van der Waals surface area contributed by atoms with Gasteiger partial charge in [0.05, 0.1) is 6.04 Å². The van der Waals surface area contributed by atoms with Crippen molar-refractivity contribution in [2.45, 2.75) is 58.9 Å². The molecule has 1 unspecified atom stereocenters. The van der Waals surface area contributed by atoms with E-state index in [1.807, 2.05) is 6.92 Å². The molecule has 7 nitrogen and oxygen atoms in total. The predicted octanol–water partition coefficient (Wildman–Crippen LogP) is 3.32. The summed E-state index contributed by atoms with van der Waals surface area (Å²) in [5, 5.41) is 20.5. The molecule has 146 valence electrons. The van der Waals surface area contributed by atoms with Gasteiger partial charge in [0, 0.05) is 11.5 Å². The molecule has 0 saturated heterocycles. The van der Waals surface area contributed by atoms with Gasteiger partial charge in [0.2, 0.25) is 5.91 Å². The zero-order chi connectivity index (χ0) is 19.8. The minimum atomic E-state index is -0.473. The number of nitrogens with one attached hydrogen (secondary N) is 2. The Labute approximate surface area is 159 Å². The molecule has 7 heteroatoms. The van der Waals surface area contributed by atoms with Gasteiger partial charge in [0.15, 0.2) is 11.5 Å². The summed E-state index contributed by atoms with van der Waals surface area (Å²) in [4.78, 5) is 27.8. The topological polar surface area (TPSA) is 108 Å². The minimum Gasteiger partial charge on any atom is -0.508 e. The van der Waals surface area contributed by atoms with Gasteiger partial charge in [-0.2, -0.15) is 0 Å². The van der Waals surface area contributed by atoms with Gasteiger partial charge >= 0.3 is 0 Å². The van der Waals surface area contributed by atoms with Crippen LogP contribution >= 0.6 is 0 Å². The SMILES string of the molecule is CCCC(CCC)C(=O)NC(CC)c1nnc(-c2ccc(O)cc2)[nH]c1=O. The predicted molar refractivity (Wildman–Crippen MR) is 104 cm³/mol. The van der Waals surface area contributed by atoms with E-state index in [0.717, 1.165) is 25.7 Å². The zero-order valence-electron chi connectivity index (χ0n) is 16.2. The molecular weight excluding hydrogens is 344 g/mol. The molecule has 0 bridgehead atoms. The number of nitrogens with zero attached hydrogens (tertiary/aromatic N) is 2. The van der Waals surface area contributed by atoms with Crippen LogP contribution in [-0.4, -0.2) is 26.2 Å². The fourth-order valence-electron chi connectivity index (χ4n) is 3.08. The lowest BCUT2D eigenvalue weighted by Crippen LogP contribution is -2.37. The molecule has 1 atom stereocenters. The second-order valence-corrected chi connectivity index (χ2v) is 6.68. The Morgan fingerprint density at radius 1 is 1.11 bits per heavy atom. The minimum absolute atomic E-state index is 0.0330. The first-order valence-corrected chi connectivity index (χ1v) is 9.56. The molecule has 27 heavy (non-hydrogen) atoms. The zero-order valence-corrected chi connectivity index (χ0v) is 16.2. The second kappa shape index (κ2) is 9.85. The summed E-state index contributed by atoms with van der Waals surface area (Å²) in [7, 11) is 0. The average molecular weight is 372 g/mol. The average Bonchev–Trinajstić information content (AvgIpc) is 2.66. The number of benzene rings is 1. The molecule has 2 rings (SSSR count). The fraction of sp³-hybridized carbons (Fsp3) is 0.500. The Morgan fingerprint density at radius 3 is 2.26 bits per heavy atom. The number of aromatic nitrogens is 3. The summed E-state index contributed by atoms with van der Waals surface area (Å²) in [5.74, 6) is 0.375. The summed E-state index contributed by atoms with van der Waals surface area (Å²) < 4.78 is 0. The number of rotatable bonds is 9. The third-order valence-electron chi connectivity index (χ3n) is 4.56. The quantitative estimate of drug-likeness (QED) is 0.626. The Hall–Kier alpha value is -2.70. The number of carbonyl (C=O) groups is 1. The summed E-state index contributed by atoms with van der Waals surface area (Å²) in [6, 6.07) is 5.85. The third kappa shape index (κ3) is 5.39. The van der Waals surface area contributed by atoms with Crippen LogP contribution in [0.1, 0.15) is 64.6 Å². The van der Waals surface area contributed by atoms with Crippen molar-refractivity contribution in [3.05, 3.63) is 40.3 Å². The maximum atomic E-state index is 12.6. The Bertz CT molecular complexity index is 796. The van der Waals surface area contributed by atoms with Gasteiger partial charge in [-0.1, -0.05) is 33.6 Å². The Balaban J connectivity index is 2.20. The normalized spacial score (nSPS) is 12.1. The van der Waals surface area contributed by atoms with Gasteiger partial charge in [-0.3, -0.25) is 9.59 Å². The lowest BCUT2D eigenvalue weighted by molar-refractivity contribution is -0.126. The molecule has 0 fully saturated rings. The van der Waals surface area contributed by atoms with Crippen LogP contribution in [0.4, 0.5) is 0 Å². The largest absolute Gasteiger partial charge is 0.508 e. The van der Waals surface area contributed by atoms with Crippen molar-refractivity contribution in [2.24, 2.45) is 5.92 Å². The number of phenolic OH excluding ortho intramolecular Hbond substituents is 1. The van der Waals surface area contributed by atoms with E-state index in [4.69, 9.17) is 0 Å². The summed E-state index contributed by atoms with van der Waals surface area (Å²) in [6.07, 6.45) is 4.09. The van der Waals surface area contributed by atoms with Crippen molar-refractivity contribution in [1.82, 2.24) is 20.5 Å². The van der Waals surface area contributed by atoms with Crippen LogP contribution in [0.25, 0.3) is 11.4 Å². The van der Waals surface area contributed by atoms with E-state index in [0.29, 0.717) is 17.8 Å². The summed E-state index contributed by atoms with van der Waals surface area (Å²) >= 11 is 0. The first kappa shape index (κ1) is 20.6. The highest BCUT2D eigenvalue weighted by atomic mass is 16.3. The van der Waals surface area contributed by atoms with Gasteiger partial charge in [-0.05, 0) is 43.5 Å². The molecule has 0 aliphatic heterocycles. The van der Waals surface area contributed by atoms with Crippen molar-refractivity contribution in [1.29, 1.82) is 0 Å². The standard InChI is InChI=1S/C20H28N4O3/c1-4-7-14(8-5-2)19(26)21-16(6-3)17-20(27)22-18(24-23-17)13-9-11-15(25)12-10-13/h9-12,14,16,25H,4-8H2,1-3H3,(H,21,26)(H,22,24,27). The second-order valence-electron chi connectivity index (χ2n) is 6.68. The van der Waals surface area contributed by atoms with Gasteiger partial charge < -0.3 is 15.4 Å². The van der Waals surface area contributed by atoms with E-state index >= 15 is 0 Å². The molecule has 0 aliphatic rings. The molecule has 1 heterocycles. The van der Waals surface area contributed by atoms with Crippen LogP contribution in [0.2, 0.25) is 0 Å². The van der Waals surface area contributed by atoms with Crippen LogP contribution in [0.15, 0.2) is 29.1 Å². The molecule has 0 radical (unpaired) electrons. The molecule has 1 aromatic heterocycles. The number of aromatic amines is 1. The molecule has 3 N–H and O–H groups in total. The lowest BCUT2D eigenvalue weighted by Gasteiger charge is -2.20. The van der Waals surface area contributed by atoms with E-state index < -0.39 is 6.04 Å². The van der Waals surface area contributed by atoms with Crippen molar-refractivity contribution >= 4 is 5.91 Å². The summed E-state index contributed by atoms with van der Waals surface area (Å²) in [6.45, 7) is 6.02. The third-order valence-corrected chi connectivity index (χ3v) is 4.56. The van der Waals surface area contributed by atoms with Crippen LogP contribution in [0.5, 0.6) is 5.75 Å². The maximum Gasteiger partial charge on any atom is 0.275 e. The van der Waals surface area contributed by atoms with Crippen molar-refractivity contribution in [3.8, 4) is 17.1 Å². The van der Waals surface area contributed by atoms with E-state index in [-0.39, 0.29) is 28.8 Å². The molecule has 0 aliphatic carbocycles. The number of amides is 1. The maximum absolute atomic E-state index is 12.6. The Kier molecular flexibility index (Phi) is 7.52. The number of H-pyrrole nitrogens is 1. The first-order chi connectivity index (χ1) is 13.0. The molecule has 0 spiro atoms. The van der Waals surface area contributed by atoms with E-state index in [2.05, 4.69) is 34.3 Å². The highest BCUT2D eigenvalue weighted by molar-refractivity contribution is 5.79. The molecule has 0 saturated carbocycles. The lowest BCUT2D eigenvalue weighted by atomic mass is 9.96. The van der Waals surface area contributed by atoms with Crippen molar-refractivity contribution < 1.29 is 9.90 Å². The van der Waals surface area contributed by atoms with Crippen molar-refractivity contribution in [3.63, 3.8) is 0 Å². The van der Waals surface area contributed by atoms with Gasteiger partial charge in [-0.25, -0.2) is 0 Å². The highest BCUT2D eigenvalue weighted by Gasteiger charge is 2.23. The molecule has 2 aromatic rings. The van der Waals surface area contributed by atoms with Crippen molar-refractivity contribution in [2.75, 3.05) is 0 Å². The highest BCUT2D eigenvalue weighted by Crippen LogP contribution is 2.19. The first-order valence-electron chi connectivity index (χ1n) is 9.56. The van der Waals surface area contributed by atoms with Crippen LogP contribution < -0.4 is 10.9 Å². The van der Waals surface area contributed by atoms with Gasteiger partial charge in [-0.15, -0.1) is 10.2 Å². The molecule has 1 amide bonds. The van der Waals surface area contributed by atoms with Gasteiger partial charge in [0.1, 0.15) is 5.75 Å².